The van der Waals surface area contributed by atoms with Crippen molar-refractivity contribution in [2.24, 2.45) is 5.73 Å². The third-order valence-electron chi connectivity index (χ3n) is 3.52. The summed E-state index contributed by atoms with van der Waals surface area (Å²) in [5.41, 5.74) is 8.86. The predicted molar refractivity (Wildman–Crippen MR) is 73.9 cm³/mol. The molecule has 19 heavy (non-hydrogen) atoms. The van der Waals surface area contributed by atoms with Gasteiger partial charge in [-0.3, -0.25) is 0 Å². The van der Waals surface area contributed by atoms with Crippen LogP contribution >= 0.6 is 0 Å². The molecule has 1 aromatic heterocycles. The number of aromatic nitrogens is 2. The van der Waals surface area contributed by atoms with Crippen LogP contribution in [0.25, 0.3) is 11.3 Å². The molecule has 4 nitrogen and oxygen atoms in total. The number of ether oxygens (including phenoxy) is 1. The van der Waals surface area contributed by atoms with E-state index in [1.807, 2.05) is 18.2 Å². The molecule has 0 radical (unpaired) electrons. The van der Waals surface area contributed by atoms with Gasteiger partial charge in [0.25, 0.3) is 0 Å². The minimum absolute atomic E-state index is 0.312. The van der Waals surface area contributed by atoms with Gasteiger partial charge in [-0.05, 0) is 38.0 Å². The zero-order valence-electron chi connectivity index (χ0n) is 11.2. The Morgan fingerprint density at radius 1 is 1.26 bits per heavy atom. The van der Waals surface area contributed by atoms with Gasteiger partial charge in [-0.15, -0.1) is 0 Å². The highest BCUT2D eigenvalue weighted by Crippen LogP contribution is 2.41. The van der Waals surface area contributed by atoms with E-state index in [0.717, 1.165) is 35.7 Å². The molecule has 3 rings (SSSR count). The number of methoxy groups -OCH3 is 1. The molecule has 98 valence electrons. The average molecular weight is 255 g/mol. The average Bonchev–Trinajstić information content (AvgIpc) is 3.18. The molecule has 0 bridgehead atoms. The number of nitrogens with two attached hydrogens (primary N) is 1. The summed E-state index contributed by atoms with van der Waals surface area (Å²) in [4.78, 5) is 8.91. The fraction of sp³-hybridized carbons (Fsp3) is 0.333. The molecular formula is C15H17N3O. The first-order valence-corrected chi connectivity index (χ1v) is 6.40. The Morgan fingerprint density at radius 2 is 2.05 bits per heavy atom. The molecule has 2 aromatic rings. The van der Waals surface area contributed by atoms with Gasteiger partial charge in [-0.25, -0.2) is 9.97 Å². The van der Waals surface area contributed by atoms with Crippen molar-refractivity contribution in [3.63, 3.8) is 0 Å². The van der Waals surface area contributed by atoms with Gasteiger partial charge in [0, 0.05) is 11.8 Å². The Morgan fingerprint density at radius 3 is 2.74 bits per heavy atom. The third kappa shape index (κ3) is 2.19. The van der Waals surface area contributed by atoms with Gasteiger partial charge >= 0.3 is 0 Å². The second-order valence-electron chi connectivity index (χ2n) is 5.13. The van der Waals surface area contributed by atoms with Crippen LogP contribution in [0.4, 0.5) is 0 Å². The summed E-state index contributed by atoms with van der Waals surface area (Å²) in [6, 6.07) is 7.95. The summed E-state index contributed by atoms with van der Waals surface area (Å²) in [6.07, 6.45) is 3.69. The van der Waals surface area contributed by atoms with Crippen molar-refractivity contribution in [3.05, 3.63) is 41.9 Å². The molecule has 0 saturated heterocycles. The smallest absolute Gasteiger partial charge is 0.148 e. The topological polar surface area (TPSA) is 61.0 Å². The lowest BCUT2D eigenvalue weighted by Gasteiger charge is -2.12. The minimum Gasteiger partial charge on any atom is -0.496 e. The number of nitrogens with zero attached hydrogens (tertiary/aromatic N) is 2. The summed E-state index contributed by atoms with van der Waals surface area (Å²) >= 11 is 0. The maximum Gasteiger partial charge on any atom is 0.148 e. The summed E-state index contributed by atoms with van der Waals surface area (Å²) in [5.74, 6) is 1.55. The zero-order valence-corrected chi connectivity index (χ0v) is 11.2. The van der Waals surface area contributed by atoms with Crippen molar-refractivity contribution in [1.82, 2.24) is 9.97 Å². The van der Waals surface area contributed by atoms with Crippen LogP contribution in [0.1, 0.15) is 24.2 Å². The third-order valence-corrected chi connectivity index (χ3v) is 3.52. The number of benzene rings is 1. The van der Waals surface area contributed by atoms with E-state index >= 15 is 0 Å². The van der Waals surface area contributed by atoms with Gasteiger partial charge in [0.05, 0.1) is 18.3 Å². The van der Waals surface area contributed by atoms with Crippen molar-refractivity contribution in [2.75, 3.05) is 7.11 Å². The first-order chi connectivity index (χ1) is 9.12. The lowest BCUT2D eigenvalue weighted by molar-refractivity contribution is 0.416. The van der Waals surface area contributed by atoms with E-state index in [2.05, 4.69) is 23.0 Å². The van der Waals surface area contributed by atoms with E-state index in [1.165, 1.54) is 5.56 Å². The Balaban J connectivity index is 2.09. The molecule has 0 spiro atoms. The lowest BCUT2D eigenvalue weighted by atomic mass is 10.1. The van der Waals surface area contributed by atoms with Crippen molar-refractivity contribution in [2.45, 2.75) is 25.3 Å². The van der Waals surface area contributed by atoms with Crippen LogP contribution in [0, 0.1) is 6.92 Å². The van der Waals surface area contributed by atoms with Crippen LogP contribution in [0.5, 0.6) is 5.75 Å². The van der Waals surface area contributed by atoms with Crippen molar-refractivity contribution in [3.8, 4) is 17.0 Å². The van der Waals surface area contributed by atoms with E-state index in [-0.39, 0.29) is 5.54 Å². The molecule has 4 heteroatoms. The van der Waals surface area contributed by atoms with E-state index < -0.39 is 0 Å². The highest BCUT2D eigenvalue weighted by Gasteiger charge is 2.43. The summed E-state index contributed by atoms with van der Waals surface area (Å²) in [5, 5.41) is 0. The number of aryl methyl sites for hydroxylation is 1. The van der Waals surface area contributed by atoms with Crippen molar-refractivity contribution < 1.29 is 4.74 Å². The molecule has 1 saturated carbocycles. The van der Waals surface area contributed by atoms with Crippen molar-refractivity contribution in [1.29, 1.82) is 0 Å². The predicted octanol–water partition coefficient (Wildman–Crippen LogP) is 2.41. The van der Waals surface area contributed by atoms with Gasteiger partial charge in [-0.1, -0.05) is 11.6 Å². The highest BCUT2D eigenvalue weighted by atomic mass is 16.5. The van der Waals surface area contributed by atoms with E-state index in [0.29, 0.717) is 0 Å². The van der Waals surface area contributed by atoms with Crippen LogP contribution in [-0.2, 0) is 5.54 Å². The zero-order chi connectivity index (χ0) is 13.5. The van der Waals surface area contributed by atoms with E-state index in [9.17, 15) is 0 Å². The molecule has 1 fully saturated rings. The molecular weight excluding hydrogens is 238 g/mol. The van der Waals surface area contributed by atoms with Crippen LogP contribution in [0.2, 0.25) is 0 Å². The largest absolute Gasteiger partial charge is 0.496 e. The first-order valence-electron chi connectivity index (χ1n) is 6.40. The van der Waals surface area contributed by atoms with Crippen LogP contribution in [0.15, 0.2) is 30.5 Å². The Hall–Kier alpha value is -1.94. The van der Waals surface area contributed by atoms with Gasteiger partial charge in [0.1, 0.15) is 11.6 Å². The molecule has 0 amide bonds. The molecule has 1 aromatic carbocycles. The molecule has 0 aliphatic heterocycles. The van der Waals surface area contributed by atoms with Crippen LogP contribution in [0.3, 0.4) is 0 Å². The molecule has 0 atom stereocenters. The maximum absolute atomic E-state index is 6.16. The summed E-state index contributed by atoms with van der Waals surface area (Å²) in [7, 11) is 1.67. The lowest BCUT2D eigenvalue weighted by Crippen LogP contribution is -2.22. The normalized spacial score (nSPS) is 16.2. The second-order valence-corrected chi connectivity index (χ2v) is 5.13. The fourth-order valence-electron chi connectivity index (χ4n) is 2.13. The Kier molecular flexibility index (Phi) is 2.75. The number of hydrogen-bond acceptors (Lipinski definition) is 4. The maximum atomic E-state index is 6.16. The van der Waals surface area contributed by atoms with Crippen LogP contribution < -0.4 is 10.5 Å². The van der Waals surface area contributed by atoms with Gasteiger partial charge in [-0.2, -0.15) is 0 Å². The Bertz CT molecular complexity index is 621. The quantitative estimate of drug-likeness (QED) is 0.915. The highest BCUT2D eigenvalue weighted by molar-refractivity contribution is 5.67. The summed E-state index contributed by atoms with van der Waals surface area (Å²) < 4.78 is 5.40. The first kappa shape index (κ1) is 12.1. The standard InChI is InChI=1S/C15H17N3O/c1-10-3-4-13(19-2)11(9-10)12-5-8-17-14(18-12)15(16)6-7-15/h3-5,8-9H,6-7,16H2,1-2H3. The molecule has 2 N–H and O–H groups in total. The minimum atomic E-state index is -0.312. The number of hydrogen-bond donors (Lipinski definition) is 1. The second kappa shape index (κ2) is 4.31. The Labute approximate surface area is 112 Å². The molecule has 1 aliphatic carbocycles. The van der Waals surface area contributed by atoms with Crippen LogP contribution in [-0.4, -0.2) is 17.1 Å². The molecule has 1 aliphatic rings. The fourth-order valence-corrected chi connectivity index (χ4v) is 2.13. The van der Waals surface area contributed by atoms with Gasteiger partial charge in [0.15, 0.2) is 0 Å². The molecule has 1 heterocycles. The van der Waals surface area contributed by atoms with E-state index in [4.69, 9.17) is 10.5 Å². The van der Waals surface area contributed by atoms with Gasteiger partial charge in [0.2, 0.25) is 0 Å². The monoisotopic (exact) mass is 255 g/mol. The van der Waals surface area contributed by atoms with E-state index in [1.54, 1.807) is 13.3 Å². The SMILES string of the molecule is COc1ccc(C)cc1-c1ccnc(C2(N)CC2)n1. The summed E-state index contributed by atoms with van der Waals surface area (Å²) in [6.45, 7) is 2.05. The molecule has 0 unspecified atom stereocenters. The number of rotatable bonds is 3. The van der Waals surface area contributed by atoms with Gasteiger partial charge < -0.3 is 10.5 Å². The van der Waals surface area contributed by atoms with Crippen molar-refractivity contribution >= 4 is 0 Å².